The van der Waals surface area contributed by atoms with E-state index in [4.69, 9.17) is 15.0 Å². The van der Waals surface area contributed by atoms with Crippen LogP contribution in [0.1, 0.15) is 5.56 Å². The van der Waals surface area contributed by atoms with Crippen molar-refractivity contribution in [3.05, 3.63) is 200 Å². The van der Waals surface area contributed by atoms with E-state index >= 15 is 0 Å². The first-order valence-electron chi connectivity index (χ1n) is 17.6. The molecule has 52 heavy (non-hydrogen) atoms. The molecule has 0 aliphatic carbocycles. The highest BCUT2D eigenvalue weighted by molar-refractivity contribution is 8.33. The first-order valence-corrected chi connectivity index (χ1v) is 19.4. The van der Waals surface area contributed by atoms with Gasteiger partial charge >= 0.3 is 0 Å². The molecule has 0 unspecified atom stereocenters. The van der Waals surface area contributed by atoms with Crippen molar-refractivity contribution in [1.29, 1.82) is 0 Å². The smallest absolute Gasteiger partial charge is 0.238 e. The number of benzene rings is 7. The summed E-state index contributed by atoms with van der Waals surface area (Å²) >= 11 is 0. The highest BCUT2D eigenvalue weighted by Gasteiger charge is 2.32. The fourth-order valence-corrected chi connectivity index (χ4v) is 11.2. The van der Waals surface area contributed by atoms with Crippen molar-refractivity contribution in [3.8, 4) is 28.7 Å². The Morgan fingerprint density at radius 3 is 1.46 bits per heavy atom. The van der Waals surface area contributed by atoms with Crippen molar-refractivity contribution in [1.82, 2.24) is 19.5 Å². The third-order valence-electron chi connectivity index (χ3n) is 9.76. The lowest BCUT2D eigenvalue weighted by Gasteiger charge is -2.42. The third-order valence-corrected chi connectivity index (χ3v) is 13.8. The minimum absolute atomic E-state index is 0.598. The lowest BCUT2D eigenvalue weighted by atomic mass is 10.1. The van der Waals surface area contributed by atoms with Crippen molar-refractivity contribution in [2.24, 2.45) is 0 Å². The Balaban J connectivity index is 1.29. The van der Waals surface area contributed by atoms with E-state index in [0.717, 1.165) is 34.3 Å². The summed E-state index contributed by atoms with van der Waals surface area (Å²) in [5.74, 6) is 2.87. The lowest BCUT2D eigenvalue weighted by molar-refractivity contribution is 0.953. The van der Waals surface area contributed by atoms with Crippen LogP contribution in [0.3, 0.4) is 0 Å². The van der Waals surface area contributed by atoms with Gasteiger partial charge in [-0.25, -0.2) is 4.98 Å². The van der Waals surface area contributed by atoms with E-state index in [-0.39, 0.29) is 0 Å². The molecule has 4 nitrogen and oxygen atoms in total. The van der Waals surface area contributed by atoms with Crippen molar-refractivity contribution >= 4 is 31.8 Å². The van der Waals surface area contributed by atoms with E-state index in [1.165, 1.54) is 31.0 Å². The van der Waals surface area contributed by atoms with Crippen molar-refractivity contribution < 1.29 is 0 Å². The van der Waals surface area contributed by atoms with Gasteiger partial charge in [0.05, 0.1) is 11.0 Å². The minimum atomic E-state index is -1.68. The average molecular weight is 689 g/mol. The molecule has 0 spiro atoms. The van der Waals surface area contributed by atoms with Gasteiger partial charge in [-0.1, -0.05) is 146 Å². The van der Waals surface area contributed by atoms with Crippen LogP contribution in [-0.2, 0) is 6.42 Å². The van der Waals surface area contributed by atoms with Gasteiger partial charge in [0.15, 0.2) is 11.6 Å². The zero-order chi connectivity index (χ0) is 34.7. The zero-order valence-corrected chi connectivity index (χ0v) is 29.4. The molecule has 0 aliphatic heterocycles. The summed E-state index contributed by atoms with van der Waals surface area (Å²) in [5, 5.41) is 2.35. The third kappa shape index (κ3) is 5.75. The van der Waals surface area contributed by atoms with E-state index in [1.807, 2.05) is 36.4 Å². The van der Waals surface area contributed by atoms with Crippen molar-refractivity contribution in [3.63, 3.8) is 0 Å². The summed E-state index contributed by atoms with van der Waals surface area (Å²) in [6, 6.07) is 69.2. The fraction of sp³-hybridized carbons (Fsp3) is 0.0426. The second kappa shape index (κ2) is 13.8. The topological polar surface area (TPSA) is 43.6 Å². The summed E-state index contributed by atoms with van der Waals surface area (Å²) < 4.78 is 2.21. The predicted molar refractivity (Wildman–Crippen MR) is 215 cm³/mol. The number of rotatable bonds is 9. The largest absolute Gasteiger partial charge is 0.278 e. The Morgan fingerprint density at radius 2 is 0.885 bits per heavy atom. The number of para-hydroxylation sites is 1. The van der Waals surface area contributed by atoms with Gasteiger partial charge in [-0.05, 0) is 81.0 Å². The predicted octanol–water partition coefficient (Wildman–Crippen LogP) is 11.8. The van der Waals surface area contributed by atoms with Crippen molar-refractivity contribution in [2.45, 2.75) is 21.1 Å². The van der Waals surface area contributed by atoms with Crippen LogP contribution < -0.4 is 0 Å². The van der Waals surface area contributed by atoms with E-state index in [9.17, 15) is 0 Å². The zero-order valence-electron chi connectivity index (χ0n) is 28.6. The Hall–Kier alpha value is -6.30. The summed E-state index contributed by atoms with van der Waals surface area (Å²) in [6.45, 7) is 0. The van der Waals surface area contributed by atoms with Crippen LogP contribution in [0.25, 0.3) is 50.5 Å². The molecular weight excluding hydrogens is 653 g/mol. The van der Waals surface area contributed by atoms with Crippen LogP contribution in [0.4, 0.5) is 0 Å². The highest BCUT2D eigenvalue weighted by atomic mass is 32.3. The van der Waals surface area contributed by atoms with Crippen molar-refractivity contribution in [2.75, 3.05) is 5.75 Å². The maximum Gasteiger partial charge on any atom is 0.238 e. The van der Waals surface area contributed by atoms with Gasteiger partial charge in [0, 0.05) is 21.9 Å². The maximum absolute atomic E-state index is 5.15. The number of hydrogen-bond acceptors (Lipinski definition) is 3. The molecule has 0 aliphatic rings. The summed E-state index contributed by atoms with van der Waals surface area (Å²) in [5.41, 5.74) is 5.37. The molecule has 0 radical (unpaired) electrons. The van der Waals surface area contributed by atoms with Gasteiger partial charge < -0.3 is 0 Å². The molecule has 2 aromatic heterocycles. The molecule has 0 N–H and O–H groups in total. The van der Waals surface area contributed by atoms with E-state index in [0.29, 0.717) is 17.6 Å². The second-order valence-electron chi connectivity index (χ2n) is 12.9. The normalized spacial score (nSPS) is 11.9. The van der Waals surface area contributed by atoms with Gasteiger partial charge in [0.1, 0.15) is 0 Å². The maximum atomic E-state index is 5.15. The van der Waals surface area contributed by atoms with Crippen LogP contribution in [0, 0.1) is 0 Å². The number of aromatic nitrogens is 4. The second-order valence-corrected chi connectivity index (χ2v) is 16.2. The molecule has 5 heteroatoms. The van der Waals surface area contributed by atoms with Gasteiger partial charge in [-0.2, -0.15) is 20.0 Å². The van der Waals surface area contributed by atoms with Gasteiger partial charge in [-0.15, -0.1) is 0 Å². The quantitative estimate of drug-likeness (QED) is 0.152. The molecule has 0 bridgehead atoms. The molecule has 9 rings (SSSR count). The fourth-order valence-electron chi connectivity index (χ4n) is 7.26. The molecule has 0 saturated heterocycles. The van der Waals surface area contributed by atoms with Crippen LogP contribution in [0.2, 0.25) is 0 Å². The van der Waals surface area contributed by atoms with Crippen LogP contribution in [0.15, 0.2) is 209 Å². The number of aryl methyl sites for hydroxylation is 1. The van der Waals surface area contributed by atoms with Gasteiger partial charge in [-0.3, -0.25) is 4.57 Å². The van der Waals surface area contributed by atoms with E-state index in [2.05, 4.69) is 162 Å². The Kier molecular flexibility index (Phi) is 8.39. The SMILES string of the molecule is c1ccc(CCS(c2ccccc2)(c2ccccc2)c2ccc3c(c2)c2ccccc2n3-c2nc(-c3ccccc3)nc(-c3ccccc3)n2)cc1. The minimum Gasteiger partial charge on any atom is -0.278 e. The summed E-state index contributed by atoms with van der Waals surface area (Å²) in [7, 11) is -1.68. The number of fused-ring (bicyclic) bond motifs is 3. The summed E-state index contributed by atoms with van der Waals surface area (Å²) in [6.07, 6.45) is 0.967. The van der Waals surface area contributed by atoms with Gasteiger partial charge in [0.25, 0.3) is 0 Å². The molecule has 0 amide bonds. The summed E-state index contributed by atoms with van der Waals surface area (Å²) in [4.78, 5) is 19.3. The molecule has 7 aromatic carbocycles. The van der Waals surface area contributed by atoms with Crippen LogP contribution in [-0.4, -0.2) is 25.3 Å². The molecule has 9 aromatic rings. The monoisotopic (exact) mass is 688 g/mol. The average Bonchev–Trinajstić information content (AvgIpc) is 3.57. The molecule has 250 valence electrons. The Labute approximate surface area is 305 Å². The number of nitrogens with zero attached hydrogens (tertiary/aromatic N) is 4. The van der Waals surface area contributed by atoms with E-state index in [1.54, 1.807) is 0 Å². The first kappa shape index (κ1) is 31.7. The van der Waals surface area contributed by atoms with Crippen LogP contribution in [0.5, 0.6) is 0 Å². The Bertz CT molecular complexity index is 2510. The first-order chi connectivity index (χ1) is 25.8. The molecule has 0 atom stereocenters. The van der Waals surface area contributed by atoms with E-state index < -0.39 is 10.0 Å². The molecular formula is C47H36N4S. The Morgan fingerprint density at radius 1 is 0.404 bits per heavy atom. The molecule has 0 fully saturated rings. The highest BCUT2D eigenvalue weighted by Crippen LogP contribution is 2.68. The lowest BCUT2D eigenvalue weighted by Crippen LogP contribution is -2.11. The van der Waals surface area contributed by atoms with Gasteiger partial charge in [0.2, 0.25) is 5.95 Å². The molecule has 2 heterocycles. The number of hydrogen-bond donors (Lipinski definition) is 0. The standard InChI is InChI=1S/C47H36N4S/c1-6-18-35(19-7-1)32-33-52(38-24-12-4-13-25-38,39-26-14-5-15-27-39)40-30-31-44-42(34-40)41-28-16-17-29-43(41)51(44)47-49-45(36-20-8-2-9-21-36)48-46(50-47)37-22-10-3-11-23-37/h1-31,34H,32-33H2. The van der Waals surface area contributed by atoms with Crippen LogP contribution >= 0.6 is 10.0 Å². The molecule has 0 saturated carbocycles.